The summed E-state index contributed by atoms with van der Waals surface area (Å²) in [6, 6.07) is 7.14. The molecule has 0 fully saturated rings. The average molecular weight is 346 g/mol. The van der Waals surface area contributed by atoms with Crippen molar-refractivity contribution in [3.8, 4) is 5.69 Å². The van der Waals surface area contributed by atoms with Crippen molar-refractivity contribution in [2.45, 2.75) is 39.3 Å². The zero-order valence-electron chi connectivity index (χ0n) is 14.9. The molecule has 0 saturated heterocycles. The molecule has 1 unspecified atom stereocenters. The number of ether oxygens (including phenoxy) is 1. The number of hydrogen-bond donors (Lipinski definition) is 2. The van der Waals surface area contributed by atoms with E-state index in [0.717, 1.165) is 0 Å². The van der Waals surface area contributed by atoms with Crippen LogP contribution in [0.3, 0.4) is 0 Å². The van der Waals surface area contributed by atoms with Gasteiger partial charge in [-0.1, -0.05) is 26.0 Å². The van der Waals surface area contributed by atoms with Gasteiger partial charge in [0.2, 0.25) is 0 Å². The molecule has 7 heteroatoms. The second-order valence-electron chi connectivity index (χ2n) is 6.35. The molecule has 25 heavy (non-hydrogen) atoms. The molecule has 0 radical (unpaired) electrons. The van der Waals surface area contributed by atoms with Crippen LogP contribution in [0.15, 0.2) is 36.7 Å². The van der Waals surface area contributed by atoms with Gasteiger partial charge in [0.1, 0.15) is 11.8 Å². The van der Waals surface area contributed by atoms with Gasteiger partial charge < -0.3 is 15.2 Å². The molecule has 0 aliphatic carbocycles. The Labute approximate surface area is 148 Å². The van der Waals surface area contributed by atoms with Gasteiger partial charge in [0.15, 0.2) is 0 Å². The Balaban J connectivity index is 2.06. The van der Waals surface area contributed by atoms with E-state index in [2.05, 4.69) is 15.5 Å². The third-order valence-corrected chi connectivity index (χ3v) is 3.96. The van der Waals surface area contributed by atoms with Crippen molar-refractivity contribution in [2.75, 3.05) is 13.2 Å². The molecular formula is C18H26N4O3. The third kappa shape index (κ3) is 5.37. The Morgan fingerprint density at radius 3 is 2.56 bits per heavy atom. The summed E-state index contributed by atoms with van der Waals surface area (Å²) in [6.45, 7) is 6.70. The average Bonchev–Trinajstić information content (AvgIpc) is 3.14. The van der Waals surface area contributed by atoms with E-state index in [4.69, 9.17) is 9.84 Å². The molecule has 136 valence electrons. The Morgan fingerprint density at radius 1 is 1.24 bits per heavy atom. The first-order valence-electron chi connectivity index (χ1n) is 8.53. The van der Waals surface area contributed by atoms with Crippen LogP contribution in [-0.2, 0) is 4.74 Å². The predicted octanol–water partition coefficient (Wildman–Crippen LogP) is 1.81. The Morgan fingerprint density at radius 2 is 1.92 bits per heavy atom. The molecule has 1 heterocycles. The summed E-state index contributed by atoms with van der Waals surface area (Å²) < 4.78 is 5.74. The van der Waals surface area contributed by atoms with Gasteiger partial charge in [0, 0.05) is 6.04 Å². The van der Waals surface area contributed by atoms with Crippen LogP contribution in [0.4, 0.5) is 0 Å². The van der Waals surface area contributed by atoms with E-state index in [1.54, 1.807) is 30.6 Å². The standard InChI is InChI=1S/C18H26N4O3/c1-13(2)17(8-9-19-14(3)12-23)25-18(24)15-6-4-5-7-16(15)22-20-10-11-21-22/h4-7,10-11,13-14,17,19,23H,8-9,12H2,1-3H3/t14-,17?/m0/s1. The highest BCUT2D eigenvalue weighted by molar-refractivity contribution is 5.93. The molecule has 1 aromatic carbocycles. The van der Waals surface area contributed by atoms with E-state index < -0.39 is 0 Å². The van der Waals surface area contributed by atoms with Crippen molar-refractivity contribution in [3.63, 3.8) is 0 Å². The second kappa shape index (κ2) is 9.29. The minimum atomic E-state index is -0.387. The number of esters is 1. The second-order valence-corrected chi connectivity index (χ2v) is 6.35. The molecule has 2 aromatic rings. The summed E-state index contributed by atoms with van der Waals surface area (Å²) >= 11 is 0. The lowest BCUT2D eigenvalue weighted by molar-refractivity contribution is 0.0157. The number of para-hydroxylation sites is 1. The van der Waals surface area contributed by atoms with Crippen molar-refractivity contribution < 1.29 is 14.6 Å². The quantitative estimate of drug-likeness (QED) is 0.673. The van der Waals surface area contributed by atoms with Gasteiger partial charge in [0.05, 0.1) is 24.6 Å². The summed E-state index contributed by atoms with van der Waals surface area (Å²) in [5.74, 6) is -0.202. The maximum atomic E-state index is 12.7. The highest BCUT2D eigenvalue weighted by Gasteiger charge is 2.22. The Bertz CT molecular complexity index is 658. The lowest BCUT2D eigenvalue weighted by atomic mass is 10.0. The van der Waals surface area contributed by atoms with E-state index >= 15 is 0 Å². The fraction of sp³-hybridized carbons (Fsp3) is 0.500. The molecule has 2 N–H and O–H groups in total. The number of aromatic nitrogens is 3. The van der Waals surface area contributed by atoms with Crippen molar-refractivity contribution >= 4 is 5.97 Å². The molecule has 7 nitrogen and oxygen atoms in total. The minimum Gasteiger partial charge on any atom is -0.458 e. The Hall–Kier alpha value is -2.25. The van der Waals surface area contributed by atoms with Gasteiger partial charge in [-0.2, -0.15) is 15.0 Å². The Kier molecular flexibility index (Phi) is 7.09. The van der Waals surface area contributed by atoms with Crippen LogP contribution in [0.2, 0.25) is 0 Å². The van der Waals surface area contributed by atoms with Crippen molar-refractivity contribution in [2.24, 2.45) is 5.92 Å². The van der Waals surface area contributed by atoms with Crippen LogP contribution in [0.1, 0.15) is 37.6 Å². The minimum absolute atomic E-state index is 0.0233. The first-order valence-corrected chi connectivity index (χ1v) is 8.53. The maximum absolute atomic E-state index is 12.7. The van der Waals surface area contributed by atoms with Crippen molar-refractivity contribution in [3.05, 3.63) is 42.2 Å². The van der Waals surface area contributed by atoms with Gasteiger partial charge in [-0.25, -0.2) is 4.79 Å². The van der Waals surface area contributed by atoms with E-state index in [0.29, 0.717) is 24.2 Å². The first-order chi connectivity index (χ1) is 12.0. The summed E-state index contributed by atoms with van der Waals surface area (Å²) in [4.78, 5) is 14.1. The predicted molar refractivity (Wildman–Crippen MR) is 94.6 cm³/mol. The van der Waals surface area contributed by atoms with Crippen LogP contribution in [0.5, 0.6) is 0 Å². The number of carbonyl (C=O) groups excluding carboxylic acids is 1. The van der Waals surface area contributed by atoms with Crippen molar-refractivity contribution in [1.29, 1.82) is 0 Å². The van der Waals surface area contributed by atoms with Crippen molar-refractivity contribution in [1.82, 2.24) is 20.3 Å². The van der Waals surface area contributed by atoms with Crippen LogP contribution in [-0.4, -0.2) is 51.4 Å². The monoisotopic (exact) mass is 346 g/mol. The molecular weight excluding hydrogens is 320 g/mol. The topological polar surface area (TPSA) is 89.3 Å². The number of rotatable bonds is 9. The molecule has 2 atom stereocenters. The van der Waals surface area contributed by atoms with E-state index in [9.17, 15) is 4.79 Å². The van der Waals surface area contributed by atoms with E-state index in [-0.39, 0.29) is 30.6 Å². The fourth-order valence-electron chi connectivity index (χ4n) is 2.43. The maximum Gasteiger partial charge on any atom is 0.340 e. The fourth-order valence-corrected chi connectivity index (χ4v) is 2.43. The summed E-state index contributed by atoms with van der Waals surface area (Å²) in [5.41, 5.74) is 1.02. The smallest absolute Gasteiger partial charge is 0.340 e. The van der Waals surface area contributed by atoms with Gasteiger partial charge in [-0.3, -0.25) is 0 Å². The number of hydrogen-bond acceptors (Lipinski definition) is 6. The summed E-state index contributed by atoms with van der Waals surface area (Å²) in [7, 11) is 0. The molecule has 1 aromatic heterocycles. The number of aliphatic hydroxyl groups excluding tert-OH is 1. The SMILES string of the molecule is CC(C)C(CCN[C@@H](C)CO)OC(=O)c1ccccc1-n1nccn1. The largest absolute Gasteiger partial charge is 0.458 e. The number of carbonyl (C=O) groups is 1. The van der Waals surface area contributed by atoms with E-state index in [1.807, 2.05) is 26.8 Å². The number of aliphatic hydroxyl groups is 1. The van der Waals surface area contributed by atoms with Gasteiger partial charge >= 0.3 is 5.97 Å². The zero-order chi connectivity index (χ0) is 18.2. The van der Waals surface area contributed by atoms with Gasteiger partial charge in [-0.05, 0) is 37.9 Å². The lowest BCUT2D eigenvalue weighted by Gasteiger charge is -2.23. The zero-order valence-corrected chi connectivity index (χ0v) is 14.9. The van der Waals surface area contributed by atoms with Crippen LogP contribution in [0, 0.1) is 5.92 Å². The van der Waals surface area contributed by atoms with Crippen LogP contribution in [0.25, 0.3) is 5.69 Å². The molecule has 0 spiro atoms. The molecule has 0 bridgehead atoms. The normalized spacial score (nSPS) is 13.6. The molecule has 0 aliphatic rings. The number of nitrogens with zero attached hydrogens (tertiary/aromatic N) is 3. The molecule has 0 amide bonds. The van der Waals surface area contributed by atoms with Gasteiger partial charge in [-0.15, -0.1) is 0 Å². The molecule has 0 aliphatic heterocycles. The van der Waals surface area contributed by atoms with E-state index in [1.165, 1.54) is 4.80 Å². The summed E-state index contributed by atoms with van der Waals surface area (Å²) in [5, 5.41) is 20.4. The van der Waals surface area contributed by atoms with Crippen LogP contribution >= 0.6 is 0 Å². The molecule has 0 saturated carbocycles. The highest BCUT2D eigenvalue weighted by Crippen LogP contribution is 2.18. The lowest BCUT2D eigenvalue weighted by Crippen LogP contribution is -2.34. The van der Waals surface area contributed by atoms with Gasteiger partial charge in [0.25, 0.3) is 0 Å². The number of nitrogens with one attached hydrogen (secondary N) is 1. The third-order valence-electron chi connectivity index (χ3n) is 3.96. The summed E-state index contributed by atoms with van der Waals surface area (Å²) in [6.07, 6.45) is 3.58. The molecule has 2 rings (SSSR count). The number of benzene rings is 1. The van der Waals surface area contributed by atoms with Crippen LogP contribution < -0.4 is 5.32 Å². The highest BCUT2D eigenvalue weighted by atomic mass is 16.5. The first kappa shape index (κ1) is 19.1.